The van der Waals surface area contributed by atoms with Gasteiger partial charge in [0.1, 0.15) is 0 Å². The highest BCUT2D eigenvalue weighted by Gasteiger charge is 2.10. The molecule has 0 unspecified atom stereocenters. The van der Waals surface area contributed by atoms with E-state index in [2.05, 4.69) is 5.32 Å². The molecule has 0 saturated carbocycles. The molecule has 1 aromatic heterocycles. The third-order valence-corrected chi connectivity index (χ3v) is 4.43. The smallest absolute Gasteiger partial charge is 0.261 e. The summed E-state index contributed by atoms with van der Waals surface area (Å²) in [5.74, 6) is -0.109. The van der Waals surface area contributed by atoms with Gasteiger partial charge >= 0.3 is 0 Å². The molecule has 0 spiro atoms. The molecule has 0 aliphatic heterocycles. The van der Waals surface area contributed by atoms with Gasteiger partial charge in [-0.25, -0.2) is 12.7 Å². The lowest BCUT2D eigenvalue weighted by Gasteiger charge is -2.13. The van der Waals surface area contributed by atoms with Crippen molar-refractivity contribution in [1.82, 2.24) is 9.62 Å². The number of carbonyl (C=O) groups is 1. The van der Waals surface area contributed by atoms with Crippen LogP contribution in [0.1, 0.15) is 16.1 Å². The largest absolute Gasteiger partial charge is 0.351 e. The minimum absolute atomic E-state index is 0.109. The minimum atomic E-state index is -3.12. The number of rotatable bonds is 6. The summed E-state index contributed by atoms with van der Waals surface area (Å²) in [6.45, 7) is 0.875. The molecule has 0 aromatic carbocycles. The van der Waals surface area contributed by atoms with E-state index in [1.54, 1.807) is 6.07 Å². The predicted octanol–water partition coefficient (Wildman–Crippen LogP) is 0.759. The molecule has 0 aliphatic rings. The van der Waals surface area contributed by atoms with Crippen LogP contribution in [0.15, 0.2) is 17.5 Å². The first-order valence-electron chi connectivity index (χ1n) is 5.14. The van der Waals surface area contributed by atoms with Gasteiger partial charge in [0.15, 0.2) is 0 Å². The van der Waals surface area contributed by atoms with Crippen LogP contribution in [0.25, 0.3) is 0 Å². The molecule has 1 heterocycles. The summed E-state index contributed by atoms with van der Waals surface area (Å²) in [5, 5.41) is 4.58. The lowest BCUT2D eigenvalue weighted by atomic mass is 10.4. The molecule has 0 radical (unpaired) electrons. The summed E-state index contributed by atoms with van der Waals surface area (Å²) < 4.78 is 23.4. The zero-order chi connectivity index (χ0) is 12.9. The van der Waals surface area contributed by atoms with Crippen molar-refractivity contribution in [2.75, 3.05) is 26.4 Å². The van der Waals surface area contributed by atoms with Crippen LogP contribution in [0.2, 0.25) is 0 Å². The van der Waals surface area contributed by atoms with Crippen molar-refractivity contribution in [3.05, 3.63) is 22.4 Å². The number of carbonyl (C=O) groups excluding carboxylic acids is 1. The van der Waals surface area contributed by atoms with Gasteiger partial charge in [-0.2, -0.15) is 0 Å². The van der Waals surface area contributed by atoms with E-state index in [9.17, 15) is 13.2 Å². The first-order valence-corrected chi connectivity index (χ1v) is 7.87. The van der Waals surface area contributed by atoms with Crippen molar-refractivity contribution < 1.29 is 13.2 Å². The predicted molar refractivity (Wildman–Crippen MR) is 68.7 cm³/mol. The van der Waals surface area contributed by atoms with Crippen molar-refractivity contribution in [1.29, 1.82) is 0 Å². The van der Waals surface area contributed by atoms with E-state index >= 15 is 0 Å². The molecule has 0 saturated heterocycles. The van der Waals surface area contributed by atoms with Crippen molar-refractivity contribution in [3.8, 4) is 0 Å². The number of hydrogen-bond acceptors (Lipinski definition) is 4. The Kier molecular flexibility index (Phi) is 5.10. The second-order valence-corrected chi connectivity index (χ2v) is 6.71. The Labute approximate surface area is 105 Å². The maximum Gasteiger partial charge on any atom is 0.261 e. The van der Waals surface area contributed by atoms with Crippen LogP contribution in [0.4, 0.5) is 0 Å². The summed E-state index contributed by atoms with van der Waals surface area (Å²) in [4.78, 5) is 12.2. The van der Waals surface area contributed by atoms with Gasteiger partial charge in [0.05, 0.1) is 11.1 Å². The molecule has 0 atom stereocenters. The average molecular weight is 276 g/mol. The zero-order valence-electron chi connectivity index (χ0n) is 9.84. The number of hydrogen-bond donors (Lipinski definition) is 1. The quantitative estimate of drug-likeness (QED) is 0.780. The minimum Gasteiger partial charge on any atom is -0.351 e. The number of nitrogens with zero attached hydrogens (tertiary/aromatic N) is 1. The van der Waals surface area contributed by atoms with Gasteiger partial charge in [0.2, 0.25) is 10.0 Å². The van der Waals surface area contributed by atoms with E-state index in [1.807, 2.05) is 11.4 Å². The molecule has 1 aromatic rings. The molecule has 0 aliphatic carbocycles. The second kappa shape index (κ2) is 6.13. The molecule has 1 N–H and O–H groups in total. The molecule has 0 fully saturated rings. The van der Waals surface area contributed by atoms with Crippen LogP contribution in [-0.2, 0) is 10.0 Å². The van der Waals surface area contributed by atoms with Crippen molar-refractivity contribution in [3.63, 3.8) is 0 Å². The fraction of sp³-hybridized carbons (Fsp3) is 0.500. The molecule has 96 valence electrons. The van der Waals surface area contributed by atoms with Gasteiger partial charge in [-0.1, -0.05) is 6.07 Å². The topological polar surface area (TPSA) is 66.5 Å². The van der Waals surface area contributed by atoms with Crippen molar-refractivity contribution in [2.24, 2.45) is 0 Å². The van der Waals surface area contributed by atoms with Gasteiger partial charge in [-0.3, -0.25) is 4.79 Å². The van der Waals surface area contributed by atoms with Gasteiger partial charge in [-0.15, -0.1) is 11.3 Å². The summed E-state index contributed by atoms with van der Waals surface area (Å²) in [5.41, 5.74) is 0. The highest BCUT2D eigenvalue weighted by atomic mass is 32.2. The first kappa shape index (κ1) is 14.1. The van der Waals surface area contributed by atoms with Crippen LogP contribution in [0, 0.1) is 0 Å². The van der Waals surface area contributed by atoms with E-state index in [1.165, 1.54) is 22.7 Å². The van der Waals surface area contributed by atoms with Crippen molar-refractivity contribution >= 4 is 27.3 Å². The SMILES string of the molecule is CN(CCCNC(=O)c1cccs1)S(C)(=O)=O. The standard InChI is InChI=1S/C10H16N2O3S2/c1-12(17(2,14)15)7-4-6-11-10(13)9-5-3-8-16-9/h3,5,8H,4,6-7H2,1-2H3,(H,11,13). The van der Waals surface area contributed by atoms with Crippen LogP contribution in [0.3, 0.4) is 0 Å². The fourth-order valence-corrected chi connectivity index (χ4v) is 2.27. The number of nitrogens with one attached hydrogen (secondary N) is 1. The lowest BCUT2D eigenvalue weighted by molar-refractivity contribution is 0.0957. The van der Waals surface area contributed by atoms with E-state index in [0.717, 1.165) is 6.26 Å². The Morgan fingerprint density at radius 2 is 2.24 bits per heavy atom. The first-order chi connectivity index (χ1) is 7.91. The second-order valence-electron chi connectivity index (χ2n) is 3.67. The number of amides is 1. The molecular weight excluding hydrogens is 260 g/mol. The third kappa shape index (κ3) is 4.84. The average Bonchev–Trinajstić information content (AvgIpc) is 2.75. The van der Waals surface area contributed by atoms with Crippen LogP contribution >= 0.6 is 11.3 Å². The zero-order valence-corrected chi connectivity index (χ0v) is 11.5. The molecule has 1 amide bonds. The Balaban J connectivity index is 2.23. The Morgan fingerprint density at radius 3 is 2.76 bits per heavy atom. The Morgan fingerprint density at radius 1 is 1.53 bits per heavy atom. The van der Waals surface area contributed by atoms with E-state index in [-0.39, 0.29) is 5.91 Å². The van der Waals surface area contributed by atoms with Gasteiger partial charge in [0, 0.05) is 20.1 Å². The van der Waals surface area contributed by atoms with E-state index in [0.29, 0.717) is 24.4 Å². The summed E-state index contributed by atoms with van der Waals surface area (Å²) in [6.07, 6.45) is 1.76. The van der Waals surface area contributed by atoms with E-state index < -0.39 is 10.0 Å². The highest BCUT2D eigenvalue weighted by molar-refractivity contribution is 7.88. The third-order valence-electron chi connectivity index (χ3n) is 2.25. The maximum absolute atomic E-state index is 11.5. The van der Waals surface area contributed by atoms with Gasteiger partial charge < -0.3 is 5.32 Å². The van der Waals surface area contributed by atoms with Crippen LogP contribution in [0.5, 0.6) is 0 Å². The maximum atomic E-state index is 11.5. The van der Waals surface area contributed by atoms with Gasteiger partial charge in [-0.05, 0) is 17.9 Å². The molecule has 7 heteroatoms. The van der Waals surface area contributed by atoms with Crippen LogP contribution in [-0.4, -0.2) is 45.0 Å². The molecule has 0 bridgehead atoms. The van der Waals surface area contributed by atoms with Crippen molar-refractivity contribution in [2.45, 2.75) is 6.42 Å². The molecule has 5 nitrogen and oxygen atoms in total. The van der Waals surface area contributed by atoms with Crippen LogP contribution < -0.4 is 5.32 Å². The molecule has 17 heavy (non-hydrogen) atoms. The number of sulfonamides is 1. The number of thiophene rings is 1. The highest BCUT2D eigenvalue weighted by Crippen LogP contribution is 2.07. The normalized spacial score (nSPS) is 11.7. The Hall–Kier alpha value is -0.920. The summed E-state index contributed by atoms with van der Waals surface area (Å²) in [7, 11) is -1.60. The fourth-order valence-electron chi connectivity index (χ4n) is 1.16. The lowest BCUT2D eigenvalue weighted by Crippen LogP contribution is -2.30. The van der Waals surface area contributed by atoms with E-state index in [4.69, 9.17) is 0 Å². The molecular formula is C10H16N2O3S2. The monoisotopic (exact) mass is 276 g/mol. The summed E-state index contributed by atoms with van der Waals surface area (Å²) >= 11 is 1.38. The molecule has 1 rings (SSSR count). The van der Waals surface area contributed by atoms with Gasteiger partial charge in [0.25, 0.3) is 5.91 Å². The summed E-state index contributed by atoms with van der Waals surface area (Å²) in [6, 6.07) is 3.57. The Bertz CT molecular complexity index is 454.